The van der Waals surface area contributed by atoms with Crippen molar-refractivity contribution < 1.29 is 5.11 Å². The third-order valence-electron chi connectivity index (χ3n) is 3.76. The predicted octanol–water partition coefficient (Wildman–Crippen LogP) is 5.71. The summed E-state index contributed by atoms with van der Waals surface area (Å²) in [7, 11) is 0. The molecule has 0 spiro atoms. The number of nitrogens with zero attached hydrogens (tertiary/aromatic N) is 3. The van der Waals surface area contributed by atoms with Crippen LogP contribution in [0.15, 0.2) is 6.07 Å². The van der Waals surface area contributed by atoms with Gasteiger partial charge in [-0.2, -0.15) is 0 Å². The molecule has 0 amide bonds. The quantitative estimate of drug-likeness (QED) is 0.665. The SMILES string of the molecule is CC.CC.CC.CC.Cc1cc2nc(C)nc3c2c(n1)CC(CO)C(C)N3. The van der Waals surface area contributed by atoms with Gasteiger partial charge in [-0.3, -0.25) is 4.98 Å². The number of hydrogen-bond donors (Lipinski definition) is 2. The third kappa shape index (κ3) is 7.41. The van der Waals surface area contributed by atoms with Crippen molar-refractivity contribution in [2.75, 3.05) is 11.9 Å². The molecule has 2 atom stereocenters. The minimum absolute atomic E-state index is 0.145. The van der Waals surface area contributed by atoms with Crippen molar-refractivity contribution in [1.82, 2.24) is 15.0 Å². The average molecular weight is 379 g/mol. The highest BCUT2D eigenvalue weighted by molar-refractivity contribution is 5.92. The molecule has 5 nitrogen and oxygen atoms in total. The largest absolute Gasteiger partial charge is 0.396 e. The van der Waals surface area contributed by atoms with Crippen molar-refractivity contribution in [3.05, 3.63) is 23.3 Å². The molecule has 0 fully saturated rings. The molecule has 0 saturated heterocycles. The number of rotatable bonds is 1. The first-order valence-corrected chi connectivity index (χ1v) is 10.6. The number of nitrogens with one attached hydrogen (secondary N) is 1. The van der Waals surface area contributed by atoms with Crippen LogP contribution in [0.5, 0.6) is 0 Å². The van der Waals surface area contributed by atoms with Gasteiger partial charge in [0.2, 0.25) is 0 Å². The fourth-order valence-electron chi connectivity index (χ4n) is 2.72. The Morgan fingerprint density at radius 3 is 2.04 bits per heavy atom. The number of aromatic nitrogens is 3. The zero-order valence-corrected chi connectivity index (χ0v) is 19.4. The maximum absolute atomic E-state index is 9.54. The van der Waals surface area contributed by atoms with Crippen LogP contribution in [0.4, 0.5) is 5.82 Å². The topological polar surface area (TPSA) is 70.9 Å². The lowest BCUT2D eigenvalue weighted by molar-refractivity contribution is 0.213. The lowest BCUT2D eigenvalue weighted by atomic mass is 9.97. The first-order valence-electron chi connectivity index (χ1n) is 10.6. The minimum Gasteiger partial charge on any atom is -0.396 e. The smallest absolute Gasteiger partial charge is 0.139 e. The first kappa shape index (κ1) is 27.5. The van der Waals surface area contributed by atoms with Gasteiger partial charge in [-0.1, -0.05) is 55.4 Å². The molecule has 156 valence electrons. The summed E-state index contributed by atoms with van der Waals surface area (Å²) in [4.78, 5) is 13.6. The Balaban J connectivity index is 0. The summed E-state index contributed by atoms with van der Waals surface area (Å²) < 4.78 is 0. The first-order chi connectivity index (χ1) is 13.1. The van der Waals surface area contributed by atoms with E-state index in [-0.39, 0.29) is 18.6 Å². The molecule has 0 radical (unpaired) electrons. The van der Waals surface area contributed by atoms with Gasteiger partial charge in [0.1, 0.15) is 11.6 Å². The van der Waals surface area contributed by atoms with Gasteiger partial charge in [-0.25, -0.2) is 9.97 Å². The molecule has 0 bridgehead atoms. The zero-order chi connectivity index (χ0) is 21.6. The van der Waals surface area contributed by atoms with E-state index in [0.717, 1.165) is 40.4 Å². The van der Waals surface area contributed by atoms with Crippen LogP contribution >= 0.6 is 0 Å². The van der Waals surface area contributed by atoms with Crippen molar-refractivity contribution >= 4 is 16.7 Å². The van der Waals surface area contributed by atoms with Crippen LogP contribution in [0.25, 0.3) is 10.9 Å². The summed E-state index contributed by atoms with van der Waals surface area (Å²) in [5.41, 5.74) is 2.88. The van der Waals surface area contributed by atoms with E-state index in [1.54, 1.807) is 0 Å². The normalized spacial score (nSPS) is 16.4. The van der Waals surface area contributed by atoms with Crippen LogP contribution in [0.3, 0.4) is 0 Å². The molecule has 1 aliphatic heterocycles. The summed E-state index contributed by atoms with van der Waals surface area (Å²) in [6.07, 6.45) is 0.752. The average Bonchev–Trinajstić information content (AvgIpc) is 2.84. The second kappa shape index (κ2) is 15.3. The van der Waals surface area contributed by atoms with Gasteiger partial charge in [-0.05, 0) is 33.3 Å². The van der Waals surface area contributed by atoms with Gasteiger partial charge in [0.05, 0.1) is 16.6 Å². The van der Waals surface area contributed by atoms with Crippen molar-refractivity contribution in [3.8, 4) is 0 Å². The second-order valence-electron chi connectivity index (χ2n) is 5.30. The Morgan fingerprint density at radius 1 is 0.963 bits per heavy atom. The Labute approximate surface area is 167 Å². The van der Waals surface area contributed by atoms with Crippen molar-refractivity contribution in [1.29, 1.82) is 0 Å². The van der Waals surface area contributed by atoms with Gasteiger partial charge in [0.15, 0.2) is 0 Å². The number of pyridine rings is 1. The molecule has 3 heterocycles. The van der Waals surface area contributed by atoms with Crippen LogP contribution in [0.1, 0.15) is 79.5 Å². The summed E-state index contributed by atoms with van der Waals surface area (Å²) >= 11 is 0. The highest BCUT2D eigenvalue weighted by atomic mass is 16.3. The van der Waals surface area contributed by atoms with E-state index in [4.69, 9.17) is 0 Å². The lowest BCUT2D eigenvalue weighted by Gasteiger charge is -2.20. The highest BCUT2D eigenvalue weighted by Crippen LogP contribution is 2.30. The zero-order valence-electron chi connectivity index (χ0n) is 19.4. The second-order valence-corrected chi connectivity index (χ2v) is 5.30. The van der Waals surface area contributed by atoms with E-state index in [1.807, 2.05) is 75.3 Å². The molecule has 3 rings (SSSR count). The summed E-state index contributed by atoms with van der Waals surface area (Å²) in [5.74, 6) is 1.74. The summed E-state index contributed by atoms with van der Waals surface area (Å²) in [6, 6.07) is 2.15. The summed E-state index contributed by atoms with van der Waals surface area (Å²) in [6.45, 7) is 22.1. The van der Waals surface area contributed by atoms with Crippen LogP contribution < -0.4 is 5.32 Å². The lowest BCUT2D eigenvalue weighted by Crippen LogP contribution is -2.29. The molecule has 0 saturated carbocycles. The molecule has 0 aliphatic carbocycles. The maximum atomic E-state index is 9.54. The molecule has 2 aromatic rings. The van der Waals surface area contributed by atoms with Crippen molar-refractivity contribution in [2.24, 2.45) is 5.92 Å². The summed E-state index contributed by atoms with van der Waals surface area (Å²) in [5, 5.41) is 13.9. The fraction of sp³-hybridized carbons (Fsp3) is 0.682. The van der Waals surface area contributed by atoms with E-state index >= 15 is 0 Å². The van der Waals surface area contributed by atoms with E-state index in [0.29, 0.717) is 0 Å². The number of aliphatic hydroxyl groups excluding tert-OH is 1. The number of anilines is 1. The van der Waals surface area contributed by atoms with Crippen LogP contribution in [0.2, 0.25) is 0 Å². The molecule has 27 heavy (non-hydrogen) atoms. The fourth-order valence-corrected chi connectivity index (χ4v) is 2.72. The van der Waals surface area contributed by atoms with E-state index in [1.165, 1.54) is 0 Å². The monoisotopic (exact) mass is 378 g/mol. The van der Waals surface area contributed by atoms with E-state index in [9.17, 15) is 5.11 Å². The number of hydrogen-bond acceptors (Lipinski definition) is 5. The van der Waals surface area contributed by atoms with Crippen LogP contribution in [-0.2, 0) is 6.42 Å². The van der Waals surface area contributed by atoms with E-state index in [2.05, 4.69) is 27.2 Å². The molecule has 2 unspecified atom stereocenters. The van der Waals surface area contributed by atoms with Gasteiger partial charge >= 0.3 is 0 Å². The Morgan fingerprint density at radius 2 is 1.52 bits per heavy atom. The molecule has 0 aromatic carbocycles. The van der Waals surface area contributed by atoms with Gasteiger partial charge in [-0.15, -0.1) is 0 Å². The van der Waals surface area contributed by atoms with Gasteiger partial charge in [0, 0.05) is 24.3 Å². The standard InChI is InChI=1S/C14H18N4O.4C2H6/c1-7-4-11-13-12(15-7)5-10(6-19)8(2)16-14(13)18-9(3)17-11;4*1-2/h4,8,10,19H,5-6H2,1-3H3,(H,16,17,18);4*1-2H3. The molecular formula is C22H42N4O. The van der Waals surface area contributed by atoms with Crippen molar-refractivity contribution in [3.63, 3.8) is 0 Å². The maximum Gasteiger partial charge on any atom is 0.139 e. The van der Waals surface area contributed by atoms with E-state index < -0.39 is 0 Å². The Hall–Kier alpha value is -1.75. The number of aryl methyl sites for hydroxylation is 2. The van der Waals surface area contributed by atoms with Gasteiger partial charge in [0.25, 0.3) is 0 Å². The van der Waals surface area contributed by atoms with Crippen LogP contribution in [-0.4, -0.2) is 32.7 Å². The van der Waals surface area contributed by atoms with Crippen molar-refractivity contribution in [2.45, 2.75) is 88.6 Å². The predicted molar refractivity (Wildman–Crippen MR) is 120 cm³/mol. The molecule has 1 aliphatic rings. The van der Waals surface area contributed by atoms with Gasteiger partial charge < -0.3 is 10.4 Å². The molecule has 2 N–H and O–H groups in total. The third-order valence-corrected chi connectivity index (χ3v) is 3.76. The number of aliphatic hydroxyl groups is 1. The minimum atomic E-state index is 0.145. The Kier molecular flexibility index (Phi) is 15.6. The van der Waals surface area contributed by atoms with Crippen LogP contribution in [0, 0.1) is 19.8 Å². The Bertz CT molecular complexity index is 638. The molecule has 5 heteroatoms. The molecular weight excluding hydrogens is 336 g/mol. The highest BCUT2D eigenvalue weighted by Gasteiger charge is 2.25. The molecule has 2 aromatic heterocycles.